The van der Waals surface area contributed by atoms with Crippen LogP contribution in [0.3, 0.4) is 0 Å². The second-order valence-electron chi connectivity index (χ2n) is 4.42. The summed E-state index contributed by atoms with van der Waals surface area (Å²) in [5, 5.41) is 3.31. The van der Waals surface area contributed by atoms with Crippen molar-refractivity contribution < 1.29 is 4.79 Å². The lowest BCUT2D eigenvalue weighted by atomic mass is 10.0. The molecule has 0 fully saturated rings. The number of hydrogen-bond donors (Lipinski definition) is 2. The van der Waals surface area contributed by atoms with E-state index in [0.717, 1.165) is 11.1 Å². The summed E-state index contributed by atoms with van der Waals surface area (Å²) < 4.78 is 0. The number of nitrogens with two attached hydrogens (primary N) is 1. The first-order chi connectivity index (χ1) is 10.1. The molecule has 106 valence electrons. The summed E-state index contributed by atoms with van der Waals surface area (Å²) in [6, 6.07) is 12.5. The van der Waals surface area contributed by atoms with Gasteiger partial charge in [-0.15, -0.1) is 0 Å². The van der Waals surface area contributed by atoms with E-state index in [4.69, 9.17) is 17.3 Å². The van der Waals surface area contributed by atoms with Crippen molar-refractivity contribution in [3.63, 3.8) is 0 Å². The molecule has 3 N–H and O–H groups in total. The predicted octanol–water partition coefficient (Wildman–Crippen LogP) is 3.21. The summed E-state index contributed by atoms with van der Waals surface area (Å²) in [6.07, 6.45) is 0. The topological polar surface area (TPSA) is 55.1 Å². The maximum Gasteiger partial charge on any atom is 0.256 e. The van der Waals surface area contributed by atoms with Crippen molar-refractivity contribution >= 4 is 23.2 Å². The first-order valence-electron chi connectivity index (χ1n) is 6.48. The molecule has 1 amide bonds. The number of hydrogen-bond acceptors (Lipinski definition) is 2. The van der Waals surface area contributed by atoms with Crippen molar-refractivity contribution in [2.75, 3.05) is 11.9 Å². The molecular weight excluding hydrogens is 284 g/mol. The van der Waals surface area contributed by atoms with Crippen molar-refractivity contribution in [3.05, 3.63) is 64.2 Å². The Hall–Kier alpha value is -2.28. The predicted molar refractivity (Wildman–Crippen MR) is 86.5 cm³/mol. The summed E-state index contributed by atoms with van der Waals surface area (Å²) in [5.74, 6) is 5.55. The molecule has 2 aromatic rings. The summed E-state index contributed by atoms with van der Waals surface area (Å²) >= 11 is 6.04. The number of benzene rings is 2. The number of para-hydroxylation sites is 1. The fourth-order valence-electron chi connectivity index (χ4n) is 1.92. The van der Waals surface area contributed by atoms with E-state index in [-0.39, 0.29) is 12.5 Å². The van der Waals surface area contributed by atoms with Gasteiger partial charge in [-0.3, -0.25) is 4.79 Å². The van der Waals surface area contributed by atoms with Gasteiger partial charge >= 0.3 is 0 Å². The molecule has 0 spiro atoms. The number of nitrogens with one attached hydrogen (secondary N) is 1. The molecule has 0 saturated carbocycles. The van der Waals surface area contributed by atoms with Crippen LogP contribution in [-0.2, 0) is 0 Å². The van der Waals surface area contributed by atoms with Gasteiger partial charge in [-0.25, -0.2) is 0 Å². The molecule has 0 saturated heterocycles. The molecule has 4 heteroatoms. The van der Waals surface area contributed by atoms with Gasteiger partial charge in [0.1, 0.15) is 0 Å². The van der Waals surface area contributed by atoms with Crippen LogP contribution < -0.4 is 11.1 Å². The normalized spacial score (nSPS) is 9.67. The zero-order valence-electron chi connectivity index (χ0n) is 11.6. The summed E-state index contributed by atoms with van der Waals surface area (Å²) in [6.45, 7) is 2.15. The minimum Gasteiger partial charge on any atom is -0.321 e. The average molecular weight is 299 g/mol. The smallest absolute Gasteiger partial charge is 0.256 e. The van der Waals surface area contributed by atoms with Gasteiger partial charge in [-0.05, 0) is 36.8 Å². The number of carbonyl (C=O) groups is 1. The monoisotopic (exact) mass is 298 g/mol. The lowest BCUT2D eigenvalue weighted by Crippen LogP contribution is -2.14. The van der Waals surface area contributed by atoms with Crippen molar-refractivity contribution in [1.29, 1.82) is 0 Å². The van der Waals surface area contributed by atoms with Gasteiger partial charge in [0.15, 0.2) is 0 Å². The Balaban J connectivity index is 2.30. The lowest BCUT2D eigenvalue weighted by Gasteiger charge is -2.10. The molecule has 0 aliphatic rings. The van der Waals surface area contributed by atoms with E-state index in [1.807, 2.05) is 25.1 Å². The third-order valence-corrected chi connectivity index (χ3v) is 3.36. The molecule has 0 aliphatic heterocycles. The minimum atomic E-state index is -0.211. The van der Waals surface area contributed by atoms with Crippen LogP contribution in [0.1, 0.15) is 21.5 Å². The first-order valence-corrected chi connectivity index (χ1v) is 6.85. The van der Waals surface area contributed by atoms with Crippen LogP contribution >= 0.6 is 11.6 Å². The Morgan fingerprint density at radius 3 is 2.71 bits per heavy atom. The molecule has 2 rings (SSSR count). The lowest BCUT2D eigenvalue weighted by molar-refractivity contribution is 0.102. The fraction of sp³-hybridized carbons (Fsp3) is 0.118. The Labute approximate surface area is 129 Å². The summed E-state index contributed by atoms with van der Waals surface area (Å²) in [5.41, 5.74) is 8.15. The molecule has 0 heterocycles. The molecule has 3 nitrogen and oxygen atoms in total. The van der Waals surface area contributed by atoms with Gasteiger partial charge in [0.25, 0.3) is 5.91 Å². The fourth-order valence-corrected chi connectivity index (χ4v) is 2.10. The third kappa shape index (κ3) is 3.63. The van der Waals surface area contributed by atoms with Gasteiger partial charge in [0.2, 0.25) is 0 Å². The van der Waals surface area contributed by atoms with Gasteiger partial charge in [0, 0.05) is 11.1 Å². The van der Waals surface area contributed by atoms with Crippen LogP contribution in [0.2, 0.25) is 5.02 Å². The Kier molecular flexibility index (Phi) is 4.99. The van der Waals surface area contributed by atoms with Gasteiger partial charge in [-0.1, -0.05) is 41.6 Å². The van der Waals surface area contributed by atoms with E-state index >= 15 is 0 Å². The number of halogens is 1. The van der Waals surface area contributed by atoms with Crippen LogP contribution in [0.15, 0.2) is 42.5 Å². The first kappa shape index (κ1) is 15.1. The largest absolute Gasteiger partial charge is 0.321 e. The van der Waals surface area contributed by atoms with E-state index in [9.17, 15) is 4.79 Å². The van der Waals surface area contributed by atoms with E-state index < -0.39 is 0 Å². The quantitative estimate of drug-likeness (QED) is 0.837. The zero-order valence-corrected chi connectivity index (χ0v) is 12.4. The summed E-state index contributed by atoms with van der Waals surface area (Å²) in [7, 11) is 0. The van der Waals surface area contributed by atoms with Crippen molar-refractivity contribution in [1.82, 2.24) is 0 Å². The zero-order chi connectivity index (χ0) is 15.2. The number of anilines is 1. The number of carbonyl (C=O) groups excluding carboxylic acids is 1. The molecule has 0 aromatic heterocycles. The SMILES string of the molecule is Cc1c(C#CCN)cccc1C(=O)Nc1ccccc1Cl. The number of amides is 1. The molecular formula is C17H15ClN2O. The second kappa shape index (κ2) is 6.94. The Morgan fingerprint density at radius 1 is 1.24 bits per heavy atom. The molecule has 2 aromatic carbocycles. The van der Waals surface area contributed by atoms with E-state index in [2.05, 4.69) is 17.2 Å². The Bertz CT molecular complexity index is 729. The van der Waals surface area contributed by atoms with Gasteiger partial charge < -0.3 is 11.1 Å². The molecule has 0 unspecified atom stereocenters. The third-order valence-electron chi connectivity index (χ3n) is 3.03. The standard InChI is InChI=1S/C17H15ClN2O/c1-12-13(7-5-11-19)6-4-8-14(12)17(21)20-16-10-3-2-9-15(16)18/h2-4,6,8-10H,11,19H2,1H3,(H,20,21). The van der Waals surface area contributed by atoms with E-state index in [0.29, 0.717) is 16.3 Å². The molecule has 0 aliphatic carbocycles. The summed E-state index contributed by atoms with van der Waals surface area (Å²) in [4.78, 5) is 12.4. The van der Waals surface area contributed by atoms with E-state index in [1.54, 1.807) is 24.3 Å². The van der Waals surface area contributed by atoms with Crippen molar-refractivity contribution in [3.8, 4) is 11.8 Å². The van der Waals surface area contributed by atoms with Crippen molar-refractivity contribution in [2.24, 2.45) is 5.73 Å². The number of rotatable bonds is 2. The Morgan fingerprint density at radius 2 is 2.00 bits per heavy atom. The van der Waals surface area contributed by atoms with Gasteiger partial charge in [-0.2, -0.15) is 0 Å². The van der Waals surface area contributed by atoms with Crippen LogP contribution in [0, 0.1) is 18.8 Å². The van der Waals surface area contributed by atoms with Gasteiger partial charge in [0.05, 0.1) is 17.3 Å². The van der Waals surface area contributed by atoms with Crippen LogP contribution in [0.25, 0.3) is 0 Å². The highest BCUT2D eigenvalue weighted by Crippen LogP contribution is 2.22. The van der Waals surface area contributed by atoms with Crippen molar-refractivity contribution in [2.45, 2.75) is 6.92 Å². The van der Waals surface area contributed by atoms with Crippen LogP contribution in [0.5, 0.6) is 0 Å². The molecule has 21 heavy (non-hydrogen) atoms. The maximum absolute atomic E-state index is 12.4. The highest BCUT2D eigenvalue weighted by atomic mass is 35.5. The minimum absolute atomic E-state index is 0.211. The average Bonchev–Trinajstić information content (AvgIpc) is 2.48. The molecule has 0 atom stereocenters. The second-order valence-corrected chi connectivity index (χ2v) is 4.83. The van der Waals surface area contributed by atoms with Crippen LogP contribution in [-0.4, -0.2) is 12.5 Å². The molecule has 0 radical (unpaired) electrons. The maximum atomic E-state index is 12.4. The highest BCUT2D eigenvalue weighted by Gasteiger charge is 2.12. The highest BCUT2D eigenvalue weighted by molar-refractivity contribution is 6.33. The van der Waals surface area contributed by atoms with Crippen LogP contribution in [0.4, 0.5) is 5.69 Å². The molecule has 0 bridgehead atoms. The van der Waals surface area contributed by atoms with E-state index in [1.165, 1.54) is 0 Å².